The molecule has 2 aromatic heterocycles. The topological polar surface area (TPSA) is 132 Å². The van der Waals surface area contributed by atoms with Crippen LogP contribution in [-0.2, 0) is 16.3 Å². The highest BCUT2D eigenvalue weighted by Gasteiger charge is 2.23. The van der Waals surface area contributed by atoms with E-state index >= 15 is 0 Å². The minimum Gasteiger partial charge on any atom is -0.382 e. The SMILES string of the molecule is C=C(NC)n1c(=O)n(Cc2ccccc2)c2nc(S(=N)(=O)CCC)nc(N)c21. The molecule has 10 heteroatoms. The lowest BCUT2D eigenvalue weighted by Crippen LogP contribution is -2.27. The predicted molar refractivity (Wildman–Crippen MR) is 110 cm³/mol. The standard InChI is InChI=1S/C18H23N7O2S/c1-4-10-28(20,27)17-22-15(19)14-16(23-17)24(11-13-8-6-5-7-9-13)18(26)25(14)12(2)21-3/h5-9,20-21H,2,4,10-11H2,1,3H3,(H2,19,22,23). The van der Waals surface area contributed by atoms with Crippen LogP contribution in [0.3, 0.4) is 0 Å². The average molecular weight is 401 g/mol. The largest absolute Gasteiger partial charge is 0.382 e. The Morgan fingerprint density at radius 1 is 1.32 bits per heavy atom. The van der Waals surface area contributed by atoms with Gasteiger partial charge in [0.2, 0.25) is 5.16 Å². The van der Waals surface area contributed by atoms with E-state index < -0.39 is 15.4 Å². The van der Waals surface area contributed by atoms with Crippen molar-refractivity contribution in [2.45, 2.75) is 25.0 Å². The molecule has 4 N–H and O–H groups in total. The van der Waals surface area contributed by atoms with Crippen LogP contribution in [0.5, 0.6) is 0 Å². The molecule has 9 nitrogen and oxygen atoms in total. The minimum atomic E-state index is -3.21. The molecule has 0 fully saturated rings. The Morgan fingerprint density at radius 3 is 2.61 bits per heavy atom. The summed E-state index contributed by atoms with van der Waals surface area (Å²) in [5.74, 6) is 0.409. The van der Waals surface area contributed by atoms with Gasteiger partial charge in [-0.3, -0.25) is 4.57 Å². The van der Waals surface area contributed by atoms with Gasteiger partial charge in [-0.25, -0.2) is 23.3 Å². The molecule has 0 saturated heterocycles. The summed E-state index contributed by atoms with van der Waals surface area (Å²) < 4.78 is 23.6. The number of rotatable bonds is 7. The molecule has 0 amide bonds. The van der Waals surface area contributed by atoms with Crippen LogP contribution in [0.25, 0.3) is 17.0 Å². The molecule has 0 radical (unpaired) electrons. The number of imidazole rings is 1. The minimum absolute atomic E-state index is 0.0172. The van der Waals surface area contributed by atoms with Crippen molar-refractivity contribution >= 4 is 32.5 Å². The normalized spacial score (nSPS) is 13.4. The summed E-state index contributed by atoms with van der Waals surface area (Å²) in [6, 6.07) is 9.41. The lowest BCUT2D eigenvalue weighted by Gasteiger charge is -2.09. The molecule has 1 unspecified atom stereocenters. The van der Waals surface area contributed by atoms with Gasteiger partial charge in [0.15, 0.2) is 11.5 Å². The first-order valence-electron chi connectivity index (χ1n) is 8.76. The van der Waals surface area contributed by atoms with Crippen molar-refractivity contribution in [3.63, 3.8) is 0 Å². The second-order valence-electron chi connectivity index (χ2n) is 6.33. The Balaban J connectivity index is 2.34. The molecule has 28 heavy (non-hydrogen) atoms. The predicted octanol–water partition coefficient (Wildman–Crippen LogP) is 1.69. The van der Waals surface area contributed by atoms with Crippen molar-refractivity contribution in [1.29, 1.82) is 4.78 Å². The third-order valence-electron chi connectivity index (χ3n) is 4.30. The van der Waals surface area contributed by atoms with Crippen LogP contribution in [0.15, 0.2) is 46.9 Å². The fourth-order valence-electron chi connectivity index (χ4n) is 2.95. The summed E-state index contributed by atoms with van der Waals surface area (Å²) in [6.45, 7) is 5.92. The number of nitrogens with zero attached hydrogens (tertiary/aromatic N) is 4. The van der Waals surface area contributed by atoms with Gasteiger partial charge in [-0.1, -0.05) is 43.8 Å². The van der Waals surface area contributed by atoms with Gasteiger partial charge in [0, 0.05) is 12.8 Å². The van der Waals surface area contributed by atoms with Crippen molar-refractivity contribution in [3.05, 3.63) is 53.0 Å². The molecule has 0 aliphatic heterocycles. The molecule has 3 rings (SSSR count). The maximum absolute atomic E-state index is 13.1. The molecule has 2 heterocycles. The Bertz CT molecular complexity index is 1190. The first-order chi connectivity index (χ1) is 13.3. The summed E-state index contributed by atoms with van der Waals surface area (Å²) in [7, 11) is -1.57. The van der Waals surface area contributed by atoms with Crippen molar-refractivity contribution in [1.82, 2.24) is 24.4 Å². The van der Waals surface area contributed by atoms with Crippen LogP contribution in [-0.4, -0.2) is 36.1 Å². The van der Waals surface area contributed by atoms with E-state index in [4.69, 9.17) is 10.5 Å². The maximum atomic E-state index is 13.1. The number of anilines is 1. The molecular weight excluding hydrogens is 378 g/mol. The van der Waals surface area contributed by atoms with Crippen LogP contribution in [0.2, 0.25) is 0 Å². The van der Waals surface area contributed by atoms with E-state index in [0.717, 1.165) is 5.56 Å². The maximum Gasteiger partial charge on any atom is 0.336 e. The van der Waals surface area contributed by atoms with Crippen molar-refractivity contribution < 1.29 is 4.21 Å². The first-order valence-corrected chi connectivity index (χ1v) is 10.5. The molecule has 0 bridgehead atoms. The van der Waals surface area contributed by atoms with Gasteiger partial charge < -0.3 is 11.1 Å². The Morgan fingerprint density at radius 2 is 2.00 bits per heavy atom. The van der Waals surface area contributed by atoms with E-state index in [9.17, 15) is 9.00 Å². The molecule has 1 atom stereocenters. The highest BCUT2D eigenvalue weighted by molar-refractivity contribution is 7.92. The second kappa shape index (κ2) is 7.47. The van der Waals surface area contributed by atoms with E-state index in [1.807, 2.05) is 37.3 Å². The summed E-state index contributed by atoms with van der Waals surface area (Å²) in [5, 5.41) is 2.68. The molecular formula is C18H23N7O2S. The van der Waals surface area contributed by atoms with Gasteiger partial charge >= 0.3 is 5.69 Å². The van der Waals surface area contributed by atoms with Crippen LogP contribution in [0, 0.1) is 4.78 Å². The molecule has 0 aliphatic rings. The van der Waals surface area contributed by atoms with Gasteiger partial charge in [0.05, 0.1) is 6.54 Å². The van der Waals surface area contributed by atoms with E-state index in [1.165, 1.54) is 9.13 Å². The van der Waals surface area contributed by atoms with Gasteiger partial charge in [-0.15, -0.1) is 0 Å². The average Bonchev–Trinajstić information content (AvgIpc) is 2.94. The number of aromatic nitrogens is 4. The fraction of sp³-hybridized carbons (Fsp3) is 0.278. The molecule has 1 aromatic carbocycles. The lowest BCUT2D eigenvalue weighted by molar-refractivity contribution is 0.665. The summed E-state index contributed by atoms with van der Waals surface area (Å²) in [6.07, 6.45) is 0.540. The number of benzene rings is 1. The molecule has 0 aliphatic carbocycles. The van der Waals surface area contributed by atoms with Crippen molar-refractivity contribution in [2.24, 2.45) is 0 Å². The fourth-order valence-corrected chi connectivity index (χ4v) is 4.18. The van der Waals surface area contributed by atoms with Gasteiger partial charge in [0.1, 0.15) is 21.1 Å². The van der Waals surface area contributed by atoms with E-state index in [1.54, 1.807) is 7.05 Å². The number of fused-ring (bicyclic) bond motifs is 1. The molecule has 0 spiro atoms. The smallest absolute Gasteiger partial charge is 0.336 e. The number of nitrogens with one attached hydrogen (secondary N) is 2. The second-order valence-corrected chi connectivity index (χ2v) is 8.45. The monoisotopic (exact) mass is 401 g/mol. The zero-order valence-corrected chi connectivity index (χ0v) is 16.6. The van der Waals surface area contributed by atoms with E-state index in [0.29, 0.717) is 12.2 Å². The zero-order chi connectivity index (χ0) is 20.5. The van der Waals surface area contributed by atoms with Gasteiger partial charge in [-0.05, 0) is 12.0 Å². The molecule has 148 valence electrons. The Kier molecular flexibility index (Phi) is 5.23. The van der Waals surface area contributed by atoms with Gasteiger partial charge in [0.25, 0.3) is 0 Å². The Hall–Kier alpha value is -3.14. The number of nitrogen functional groups attached to an aromatic ring is 1. The van der Waals surface area contributed by atoms with Gasteiger partial charge in [-0.2, -0.15) is 4.98 Å². The van der Waals surface area contributed by atoms with Crippen LogP contribution >= 0.6 is 0 Å². The summed E-state index contributed by atoms with van der Waals surface area (Å²) in [4.78, 5) is 21.5. The van der Waals surface area contributed by atoms with Crippen molar-refractivity contribution in [3.8, 4) is 0 Å². The first kappa shape index (κ1) is 19.6. The highest BCUT2D eigenvalue weighted by atomic mass is 32.2. The van der Waals surface area contributed by atoms with E-state index in [2.05, 4.69) is 21.9 Å². The van der Waals surface area contributed by atoms with Crippen LogP contribution in [0.1, 0.15) is 18.9 Å². The highest BCUT2D eigenvalue weighted by Crippen LogP contribution is 2.22. The number of hydrogen-bond donors (Lipinski definition) is 3. The third-order valence-corrected chi connectivity index (χ3v) is 6.06. The van der Waals surface area contributed by atoms with E-state index in [-0.39, 0.29) is 34.4 Å². The van der Waals surface area contributed by atoms with Crippen molar-refractivity contribution in [2.75, 3.05) is 18.5 Å². The van der Waals surface area contributed by atoms with Crippen LogP contribution in [0.4, 0.5) is 5.82 Å². The summed E-state index contributed by atoms with van der Waals surface area (Å²) >= 11 is 0. The zero-order valence-electron chi connectivity index (χ0n) is 15.8. The molecule has 3 aromatic rings. The lowest BCUT2D eigenvalue weighted by atomic mass is 10.2. The quantitative estimate of drug-likeness (QED) is 0.516. The summed E-state index contributed by atoms with van der Waals surface area (Å²) in [5.41, 5.74) is 7.10. The molecule has 0 saturated carbocycles. The van der Waals surface area contributed by atoms with Crippen LogP contribution < -0.4 is 16.7 Å². The Labute approximate surface area is 162 Å². The number of hydrogen-bond acceptors (Lipinski definition) is 7. The third kappa shape index (κ3) is 3.38. The number of nitrogens with two attached hydrogens (primary N) is 1.